The molecule has 0 spiro atoms. The van der Waals surface area contributed by atoms with Gasteiger partial charge in [0.25, 0.3) is 0 Å². The Hall–Kier alpha value is -1.98. The summed E-state index contributed by atoms with van der Waals surface area (Å²) in [5.74, 6) is -1.00. The summed E-state index contributed by atoms with van der Waals surface area (Å²) < 4.78 is 0. The molecule has 0 saturated carbocycles. The Balaban J connectivity index is 2.37. The largest absolute Gasteiger partial charge is 0.478 e. The van der Waals surface area contributed by atoms with Crippen LogP contribution in [0.3, 0.4) is 0 Å². The normalized spacial score (nSPS) is 11.0. The molecular weight excluding hydrogens is 308 g/mol. The molecule has 0 atom stereocenters. The molecule has 0 aliphatic carbocycles. The fraction of sp³-hybridized carbons (Fsp3) is 0.133. The van der Waals surface area contributed by atoms with Crippen LogP contribution in [0.5, 0.6) is 0 Å². The molecule has 2 heterocycles. The van der Waals surface area contributed by atoms with Gasteiger partial charge >= 0.3 is 5.97 Å². The third kappa shape index (κ3) is 2.39. The van der Waals surface area contributed by atoms with Gasteiger partial charge in [0, 0.05) is 10.3 Å². The van der Waals surface area contributed by atoms with Crippen molar-refractivity contribution in [2.45, 2.75) is 13.8 Å². The van der Waals surface area contributed by atoms with Crippen molar-refractivity contribution in [1.29, 1.82) is 0 Å². The van der Waals surface area contributed by atoms with Crippen molar-refractivity contribution < 1.29 is 9.90 Å². The van der Waals surface area contributed by atoms with Crippen LogP contribution in [0.25, 0.3) is 22.3 Å². The fourth-order valence-corrected chi connectivity index (χ4v) is 3.32. The van der Waals surface area contributed by atoms with E-state index in [0.717, 1.165) is 9.88 Å². The van der Waals surface area contributed by atoms with E-state index >= 15 is 0 Å². The number of aromatic carboxylic acids is 1. The first-order valence-electron chi connectivity index (χ1n) is 6.24. The zero-order chi connectivity index (χ0) is 15.1. The van der Waals surface area contributed by atoms with Gasteiger partial charge in [-0.25, -0.2) is 14.8 Å². The van der Waals surface area contributed by atoms with Crippen molar-refractivity contribution in [3.8, 4) is 11.4 Å². The summed E-state index contributed by atoms with van der Waals surface area (Å²) in [4.78, 5) is 21.5. The highest BCUT2D eigenvalue weighted by molar-refractivity contribution is 7.11. The smallest absolute Gasteiger partial charge is 0.336 e. The molecule has 0 aliphatic rings. The maximum absolute atomic E-state index is 11.5. The van der Waals surface area contributed by atoms with Crippen molar-refractivity contribution in [1.82, 2.24) is 9.97 Å². The van der Waals surface area contributed by atoms with Crippen molar-refractivity contribution in [2.75, 3.05) is 0 Å². The number of aromatic nitrogens is 2. The van der Waals surface area contributed by atoms with Gasteiger partial charge in [0.05, 0.1) is 26.8 Å². The van der Waals surface area contributed by atoms with E-state index in [9.17, 15) is 9.90 Å². The molecule has 0 saturated heterocycles. The van der Waals surface area contributed by atoms with Gasteiger partial charge in [-0.15, -0.1) is 11.3 Å². The van der Waals surface area contributed by atoms with Crippen molar-refractivity contribution in [2.24, 2.45) is 0 Å². The highest BCUT2D eigenvalue weighted by Gasteiger charge is 2.17. The van der Waals surface area contributed by atoms with Crippen LogP contribution >= 0.6 is 22.9 Å². The molecule has 0 unspecified atom stereocenters. The van der Waals surface area contributed by atoms with Crippen LogP contribution in [0.1, 0.15) is 20.2 Å². The number of hydrogen-bond donors (Lipinski definition) is 1. The molecule has 4 nitrogen and oxygen atoms in total. The number of nitrogens with zero attached hydrogens (tertiary/aromatic N) is 2. The first-order chi connectivity index (χ1) is 9.97. The van der Waals surface area contributed by atoms with Crippen LogP contribution in [0.4, 0.5) is 0 Å². The molecule has 3 aromatic rings. The molecule has 0 fully saturated rings. The number of fused-ring (bicyclic) bond motifs is 1. The van der Waals surface area contributed by atoms with Crippen LogP contribution in [0.2, 0.25) is 5.02 Å². The van der Waals surface area contributed by atoms with Crippen LogP contribution in [0, 0.1) is 13.8 Å². The van der Waals surface area contributed by atoms with Gasteiger partial charge in [0.1, 0.15) is 5.69 Å². The minimum Gasteiger partial charge on any atom is -0.478 e. The fourth-order valence-electron chi connectivity index (χ4n) is 2.28. The molecule has 106 valence electrons. The van der Waals surface area contributed by atoms with Gasteiger partial charge in [-0.3, -0.25) is 0 Å². The standard InChI is InChI=1S/C15H11ClN2O2S/c1-7-13(17-8(2)21-7)12-6-10(15(19)20)9-4-3-5-11(16)14(9)18-12/h3-6H,1-2H3,(H,19,20). The van der Waals surface area contributed by atoms with Crippen molar-refractivity contribution in [3.63, 3.8) is 0 Å². The number of para-hydroxylation sites is 1. The summed E-state index contributed by atoms with van der Waals surface area (Å²) in [6.45, 7) is 3.85. The lowest BCUT2D eigenvalue weighted by Crippen LogP contribution is -2.01. The maximum atomic E-state index is 11.5. The summed E-state index contributed by atoms with van der Waals surface area (Å²) in [7, 11) is 0. The van der Waals surface area contributed by atoms with Crippen LogP contribution in [-0.4, -0.2) is 21.0 Å². The van der Waals surface area contributed by atoms with E-state index in [2.05, 4.69) is 9.97 Å². The number of carboxylic acids is 1. The van der Waals surface area contributed by atoms with Gasteiger partial charge in [0.2, 0.25) is 0 Å². The van der Waals surface area contributed by atoms with E-state index in [1.165, 1.54) is 0 Å². The Morgan fingerprint density at radius 3 is 2.67 bits per heavy atom. The zero-order valence-electron chi connectivity index (χ0n) is 11.3. The highest BCUT2D eigenvalue weighted by Crippen LogP contribution is 2.31. The van der Waals surface area contributed by atoms with E-state index in [1.54, 1.807) is 35.6 Å². The van der Waals surface area contributed by atoms with Crippen LogP contribution in [-0.2, 0) is 0 Å². The van der Waals surface area contributed by atoms with E-state index in [4.69, 9.17) is 11.6 Å². The number of hydrogen-bond acceptors (Lipinski definition) is 4. The number of pyridine rings is 1. The SMILES string of the molecule is Cc1nc(-c2cc(C(=O)O)c3cccc(Cl)c3n2)c(C)s1. The molecule has 0 aliphatic heterocycles. The molecular formula is C15H11ClN2O2S. The summed E-state index contributed by atoms with van der Waals surface area (Å²) in [6, 6.07) is 6.69. The van der Waals surface area contributed by atoms with E-state index in [1.807, 2.05) is 13.8 Å². The molecule has 0 radical (unpaired) electrons. The molecule has 6 heteroatoms. The Morgan fingerprint density at radius 1 is 1.29 bits per heavy atom. The highest BCUT2D eigenvalue weighted by atomic mass is 35.5. The van der Waals surface area contributed by atoms with Crippen LogP contribution < -0.4 is 0 Å². The number of thiazole rings is 1. The molecule has 0 bridgehead atoms. The number of aryl methyl sites for hydroxylation is 2. The lowest BCUT2D eigenvalue weighted by molar-refractivity contribution is 0.0699. The summed E-state index contributed by atoms with van der Waals surface area (Å²) >= 11 is 7.72. The number of carboxylic acid groups (broad SMARTS) is 1. The van der Waals surface area contributed by atoms with Crippen molar-refractivity contribution >= 4 is 39.8 Å². The van der Waals surface area contributed by atoms with Gasteiger partial charge in [-0.1, -0.05) is 23.7 Å². The number of carbonyl (C=O) groups is 1. The minimum atomic E-state index is -1.00. The Bertz CT molecular complexity index is 873. The van der Waals surface area contributed by atoms with Gasteiger partial charge in [0.15, 0.2) is 0 Å². The topological polar surface area (TPSA) is 63.1 Å². The summed E-state index contributed by atoms with van der Waals surface area (Å²) in [5.41, 5.74) is 1.92. The first-order valence-corrected chi connectivity index (χ1v) is 7.44. The molecule has 3 rings (SSSR count). The number of halogens is 1. The lowest BCUT2D eigenvalue weighted by atomic mass is 10.1. The van der Waals surface area contributed by atoms with Gasteiger partial charge in [-0.2, -0.15) is 0 Å². The molecule has 0 amide bonds. The van der Waals surface area contributed by atoms with E-state index in [0.29, 0.717) is 27.3 Å². The first kappa shape index (κ1) is 14.0. The predicted octanol–water partition coefficient (Wildman–Crippen LogP) is 4.33. The summed E-state index contributed by atoms with van der Waals surface area (Å²) in [5, 5.41) is 11.3. The molecule has 2 aromatic heterocycles. The minimum absolute atomic E-state index is 0.183. The molecule has 21 heavy (non-hydrogen) atoms. The number of benzene rings is 1. The van der Waals surface area contributed by atoms with Gasteiger partial charge in [-0.05, 0) is 26.0 Å². The third-order valence-electron chi connectivity index (χ3n) is 3.17. The predicted molar refractivity (Wildman–Crippen MR) is 84.3 cm³/mol. The third-order valence-corrected chi connectivity index (χ3v) is 4.36. The summed E-state index contributed by atoms with van der Waals surface area (Å²) in [6.07, 6.45) is 0. The Morgan fingerprint density at radius 2 is 2.05 bits per heavy atom. The monoisotopic (exact) mass is 318 g/mol. The average Bonchev–Trinajstić information content (AvgIpc) is 2.77. The second-order valence-electron chi connectivity index (χ2n) is 4.63. The average molecular weight is 319 g/mol. The lowest BCUT2D eigenvalue weighted by Gasteiger charge is -2.07. The van der Waals surface area contributed by atoms with Crippen molar-refractivity contribution in [3.05, 3.63) is 44.7 Å². The van der Waals surface area contributed by atoms with Gasteiger partial charge < -0.3 is 5.11 Å². The maximum Gasteiger partial charge on any atom is 0.336 e. The molecule has 1 N–H and O–H groups in total. The van der Waals surface area contributed by atoms with E-state index < -0.39 is 5.97 Å². The second kappa shape index (κ2) is 5.09. The van der Waals surface area contributed by atoms with Crippen LogP contribution in [0.15, 0.2) is 24.3 Å². The Labute approximate surface area is 130 Å². The number of rotatable bonds is 2. The Kier molecular flexibility index (Phi) is 3.39. The zero-order valence-corrected chi connectivity index (χ0v) is 12.9. The van der Waals surface area contributed by atoms with E-state index in [-0.39, 0.29) is 5.56 Å². The quantitative estimate of drug-likeness (QED) is 0.764. The molecule has 1 aromatic carbocycles. The second-order valence-corrected chi connectivity index (χ2v) is 6.45.